The van der Waals surface area contributed by atoms with Gasteiger partial charge in [-0.15, -0.1) is 0 Å². The Hall–Kier alpha value is -1.09. The van der Waals surface area contributed by atoms with E-state index in [2.05, 4.69) is 24.8 Å². The van der Waals surface area contributed by atoms with Gasteiger partial charge >= 0.3 is 0 Å². The van der Waals surface area contributed by atoms with Crippen molar-refractivity contribution >= 4 is 5.82 Å². The third kappa shape index (κ3) is 3.72. The molecule has 0 atom stereocenters. The van der Waals surface area contributed by atoms with Crippen LogP contribution in [0, 0.1) is 12.8 Å². The molecular weight excluding hydrogens is 248 g/mol. The molecule has 1 saturated carbocycles. The SMILES string of the molecule is Cc1nc(N(CCC(C)C)C2CCCC2)ccc1CO. The van der Waals surface area contributed by atoms with Crippen molar-refractivity contribution < 1.29 is 5.11 Å². The van der Waals surface area contributed by atoms with E-state index >= 15 is 0 Å². The monoisotopic (exact) mass is 276 g/mol. The fraction of sp³-hybridized carbons (Fsp3) is 0.706. The zero-order chi connectivity index (χ0) is 14.5. The van der Waals surface area contributed by atoms with Gasteiger partial charge in [-0.05, 0) is 43.7 Å². The van der Waals surface area contributed by atoms with Gasteiger partial charge in [0.05, 0.1) is 6.61 Å². The van der Waals surface area contributed by atoms with Crippen molar-refractivity contribution in [3.05, 3.63) is 23.4 Å². The zero-order valence-corrected chi connectivity index (χ0v) is 13.1. The smallest absolute Gasteiger partial charge is 0.129 e. The topological polar surface area (TPSA) is 36.4 Å². The summed E-state index contributed by atoms with van der Waals surface area (Å²) in [6, 6.07) is 4.76. The van der Waals surface area contributed by atoms with Gasteiger partial charge in [-0.3, -0.25) is 0 Å². The molecule has 1 aliphatic rings. The minimum absolute atomic E-state index is 0.0779. The Kier molecular flexibility index (Phi) is 5.41. The first-order valence-corrected chi connectivity index (χ1v) is 7.96. The van der Waals surface area contributed by atoms with Crippen LogP contribution in [0.1, 0.15) is 57.2 Å². The minimum atomic E-state index is 0.0779. The van der Waals surface area contributed by atoms with Gasteiger partial charge in [0.1, 0.15) is 5.82 Å². The molecule has 1 aromatic heterocycles. The molecule has 0 bridgehead atoms. The number of nitrogens with zero attached hydrogens (tertiary/aromatic N) is 2. The molecule has 1 heterocycles. The number of aromatic nitrogens is 1. The van der Waals surface area contributed by atoms with Gasteiger partial charge in [0.25, 0.3) is 0 Å². The molecule has 0 amide bonds. The maximum absolute atomic E-state index is 9.28. The second-order valence-electron chi connectivity index (χ2n) is 6.39. The van der Waals surface area contributed by atoms with E-state index in [4.69, 9.17) is 4.98 Å². The second kappa shape index (κ2) is 7.07. The van der Waals surface area contributed by atoms with Gasteiger partial charge in [0.2, 0.25) is 0 Å². The van der Waals surface area contributed by atoms with Crippen molar-refractivity contribution in [3.63, 3.8) is 0 Å². The molecular formula is C17H28N2O. The van der Waals surface area contributed by atoms with E-state index in [1.54, 1.807) is 0 Å². The van der Waals surface area contributed by atoms with Gasteiger partial charge < -0.3 is 10.0 Å². The maximum atomic E-state index is 9.28. The largest absolute Gasteiger partial charge is 0.392 e. The molecule has 0 aromatic carbocycles. The van der Waals surface area contributed by atoms with Gasteiger partial charge in [-0.1, -0.05) is 32.8 Å². The number of aliphatic hydroxyl groups is 1. The summed E-state index contributed by atoms with van der Waals surface area (Å²) in [5.41, 5.74) is 1.89. The molecule has 0 spiro atoms. The summed E-state index contributed by atoms with van der Waals surface area (Å²) < 4.78 is 0. The number of aliphatic hydroxyl groups excluding tert-OH is 1. The van der Waals surface area contributed by atoms with Crippen LogP contribution >= 0.6 is 0 Å². The highest BCUT2D eigenvalue weighted by Crippen LogP contribution is 2.28. The Morgan fingerprint density at radius 1 is 1.30 bits per heavy atom. The molecule has 0 unspecified atom stereocenters. The normalized spacial score (nSPS) is 16.1. The van der Waals surface area contributed by atoms with E-state index in [0.29, 0.717) is 6.04 Å². The van der Waals surface area contributed by atoms with Gasteiger partial charge in [0.15, 0.2) is 0 Å². The molecule has 20 heavy (non-hydrogen) atoms. The van der Waals surface area contributed by atoms with Crippen molar-refractivity contribution in [1.29, 1.82) is 0 Å². The zero-order valence-electron chi connectivity index (χ0n) is 13.1. The van der Waals surface area contributed by atoms with Gasteiger partial charge in [-0.2, -0.15) is 0 Å². The average Bonchev–Trinajstić information content (AvgIpc) is 2.93. The Morgan fingerprint density at radius 2 is 2.00 bits per heavy atom. The van der Waals surface area contributed by atoms with Crippen LogP contribution in [0.2, 0.25) is 0 Å². The Bertz CT molecular complexity index is 425. The van der Waals surface area contributed by atoms with E-state index < -0.39 is 0 Å². The molecule has 3 nitrogen and oxygen atoms in total. The summed E-state index contributed by atoms with van der Waals surface area (Å²) in [6.07, 6.45) is 6.48. The number of hydrogen-bond acceptors (Lipinski definition) is 3. The van der Waals surface area contributed by atoms with Crippen LogP contribution in [0.25, 0.3) is 0 Å². The third-order valence-corrected chi connectivity index (χ3v) is 4.36. The van der Waals surface area contributed by atoms with Crippen LogP contribution in [-0.4, -0.2) is 22.7 Å². The summed E-state index contributed by atoms with van der Waals surface area (Å²) in [5.74, 6) is 1.81. The maximum Gasteiger partial charge on any atom is 0.129 e. The first-order valence-electron chi connectivity index (χ1n) is 7.96. The highest BCUT2D eigenvalue weighted by Gasteiger charge is 2.24. The highest BCUT2D eigenvalue weighted by atomic mass is 16.3. The lowest BCUT2D eigenvalue weighted by molar-refractivity contribution is 0.280. The van der Waals surface area contributed by atoms with E-state index in [1.165, 1.54) is 32.1 Å². The molecule has 0 radical (unpaired) electrons. The molecule has 1 aliphatic carbocycles. The van der Waals surface area contributed by atoms with Crippen molar-refractivity contribution in [2.45, 2.75) is 65.5 Å². The summed E-state index contributed by atoms with van der Waals surface area (Å²) in [5, 5.41) is 9.28. The summed E-state index contributed by atoms with van der Waals surface area (Å²) in [4.78, 5) is 7.23. The van der Waals surface area contributed by atoms with Crippen LogP contribution in [0.5, 0.6) is 0 Å². The summed E-state index contributed by atoms with van der Waals surface area (Å²) in [6.45, 7) is 7.72. The molecule has 3 heteroatoms. The number of pyridine rings is 1. The predicted octanol–water partition coefficient (Wildman–Crippen LogP) is 3.68. The van der Waals surface area contributed by atoms with Gasteiger partial charge in [-0.25, -0.2) is 4.98 Å². The molecule has 0 aliphatic heterocycles. The van der Waals surface area contributed by atoms with E-state index in [1.807, 2.05) is 13.0 Å². The van der Waals surface area contributed by atoms with Crippen LogP contribution in [0.3, 0.4) is 0 Å². The first kappa shape index (κ1) is 15.3. The number of anilines is 1. The first-order chi connectivity index (χ1) is 9.61. The van der Waals surface area contributed by atoms with Crippen molar-refractivity contribution in [2.75, 3.05) is 11.4 Å². The summed E-state index contributed by atoms with van der Waals surface area (Å²) in [7, 11) is 0. The number of hydrogen-bond donors (Lipinski definition) is 1. The standard InChI is InChI=1S/C17H28N2O/c1-13(2)10-11-19(16-6-4-5-7-16)17-9-8-15(12-20)14(3)18-17/h8-9,13,16,20H,4-7,10-12H2,1-3H3. The second-order valence-corrected chi connectivity index (χ2v) is 6.39. The summed E-state index contributed by atoms with van der Waals surface area (Å²) >= 11 is 0. The Balaban J connectivity index is 2.18. The fourth-order valence-electron chi connectivity index (χ4n) is 3.00. The lowest BCUT2D eigenvalue weighted by Crippen LogP contribution is -2.35. The average molecular weight is 276 g/mol. The van der Waals surface area contributed by atoms with E-state index in [0.717, 1.165) is 29.5 Å². The van der Waals surface area contributed by atoms with Crippen LogP contribution in [0.15, 0.2) is 12.1 Å². The highest BCUT2D eigenvalue weighted by molar-refractivity contribution is 5.43. The molecule has 1 fully saturated rings. The molecule has 112 valence electrons. The van der Waals surface area contributed by atoms with Crippen LogP contribution in [-0.2, 0) is 6.61 Å². The van der Waals surface area contributed by atoms with Crippen LogP contribution < -0.4 is 4.90 Å². The quantitative estimate of drug-likeness (QED) is 0.861. The van der Waals surface area contributed by atoms with Crippen molar-refractivity contribution in [1.82, 2.24) is 4.98 Å². The number of aryl methyl sites for hydroxylation is 1. The van der Waals surface area contributed by atoms with E-state index in [9.17, 15) is 5.11 Å². The van der Waals surface area contributed by atoms with Gasteiger partial charge in [0, 0.05) is 18.3 Å². The lowest BCUT2D eigenvalue weighted by atomic mass is 10.1. The minimum Gasteiger partial charge on any atom is -0.392 e. The Morgan fingerprint density at radius 3 is 2.55 bits per heavy atom. The van der Waals surface area contributed by atoms with Crippen LogP contribution in [0.4, 0.5) is 5.82 Å². The third-order valence-electron chi connectivity index (χ3n) is 4.36. The Labute approximate surface area is 123 Å². The number of rotatable bonds is 6. The van der Waals surface area contributed by atoms with E-state index in [-0.39, 0.29) is 6.61 Å². The van der Waals surface area contributed by atoms with Crippen molar-refractivity contribution in [3.8, 4) is 0 Å². The fourth-order valence-corrected chi connectivity index (χ4v) is 3.00. The molecule has 0 saturated heterocycles. The lowest BCUT2D eigenvalue weighted by Gasteiger charge is -2.31. The predicted molar refractivity (Wildman–Crippen MR) is 84.0 cm³/mol. The van der Waals surface area contributed by atoms with Crippen molar-refractivity contribution in [2.24, 2.45) is 5.92 Å². The molecule has 1 aromatic rings. The molecule has 2 rings (SSSR count). The molecule has 1 N–H and O–H groups in total.